The molecule has 3 aliphatic heterocycles. The number of carbonyl (C=O) groups excluding carboxylic acids is 1. The second-order valence-corrected chi connectivity index (χ2v) is 8.25. The van der Waals surface area contributed by atoms with Crippen LogP contribution in [0.5, 0.6) is 5.75 Å². The number of methoxy groups -OCH3 is 2. The quantitative estimate of drug-likeness (QED) is 0.383. The van der Waals surface area contributed by atoms with E-state index in [4.69, 9.17) is 27.8 Å². The summed E-state index contributed by atoms with van der Waals surface area (Å²) in [5.74, 6) is -0.376. The Morgan fingerprint density at radius 3 is 2.31 bits per heavy atom. The average Bonchev–Trinajstić information content (AvgIpc) is 2.90. The van der Waals surface area contributed by atoms with Gasteiger partial charge in [-0.3, -0.25) is 4.79 Å². The zero-order valence-corrected chi connectivity index (χ0v) is 19.3. The van der Waals surface area contributed by atoms with Crippen LogP contribution >= 0.6 is 0 Å². The first-order valence-electron chi connectivity index (χ1n) is 11.0. The van der Waals surface area contributed by atoms with Gasteiger partial charge in [0.05, 0.1) is 32.7 Å². The van der Waals surface area contributed by atoms with Gasteiger partial charge in [-0.15, -0.1) is 0 Å². The summed E-state index contributed by atoms with van der Waals surface area (Å²) >= 11 is 0. The summed E-state index contributed by atoms with van der Waals surface area (Å²) in [6.45, 7) is -0.621. The number of carbonyl (C=O) groups is 1. The standard InChI is InChI=1S/C25H24O11/c1-31-15-8-11(9-16(32-2)19(15)27)23-24(36-25-22(30)21(29)20(28)17(10-26)35-25)12-6-7-33-13-4-3-5-14(34-23)18(12)13/h3-9,17,20-22,25-26,28-30H,10H2,1-2H3/t17-,20-,21+,22-,25+/m1/s1. The molecule has 5 rings (SSSR count). The topological polar surface area (TPSA) is 161 Å². The molecule has 11 nitrogen and oxygen atoms in total. The predicted molar refractivity (Wildman–Crippen MR) is 122 cm³/mol. The molecule has 3 heterocycles. The molecule has 190 valence electrons. The molecular weight excluding hydrogens is 476 g/mol. The Labute approximate surface area is 204 Å². The van der Waals surface area contributed by atoms with Gasteiger partial charge >= 0.3 is 0 Å². The zero-order valence-electron chi connectivity index (χ0n) is 19.3. The average molecular weight is 500 g/mol. The smallest absolute Gasteiger partial charge is 0.261 e. The third-order valence-corrected chi connectivity index (χ3v) is 6.16. The van der Waals surface area contributed by atoms with Gasteiger partial charge in [-0.25, -0.2) is 0 Å². The van der Waals surface area contributed by atoms with Crippen molar-refractivity contribution >= 4 is 22.5 Å². The molecule has 4 aliphatic rings. The molecular formula is C25H24O11. The monoisotopic (exact) mass is 500 g/mol. The molecule has 5 atom stereocenters. The van der Waals surface area contributed by atoms with Crippen LogP contribution in [0.25, 0.3) is 27.9 Å². The number of rotatable bonds is 5. The first-order valence-corrected chi connectivity index (χ1v) is 11.0. The highest BCUT2D eigenvalue weighted by Crippen LogP contribution is 2.39. The molecule has 0 spiro atoms. The molecule has 1 aromatic carbocycles. The first-order chi connectivity index (χ1) is 17.4. The van der Waals surface area contributed by atoms with Gasteiger partial charge in [0.2, 0.25) is 6.29 Å². The number of benzene rings is 1. The maximum Gasteiger partial charge on any atom is 0.261 e. The van der Waals surface area contributed by atoms with Crippen LogP contribution in [-0.2, 0) is 19.0 Å². The van der Waals surface area contributed by atoms with E-state index in [-0.39, 0.29) is 22.7 Å². The molecule has 1 fully saturated rings. The number of ketones is 1. The van der Waals surface area contributed by atoms with E-state index in [9.17, 15) is 25.2 Å². The summed E-state index contributed by atoms with van der Waals surface area (Å²) in [5, 5.41) is 40.6. The number of Topliss-reactive ketones (excluding diaryl/α,β-unsaturated/α-hetero) is 1. The fourth-order valence-electron chi connectivity index (χ4n) is 4.29. The molecule has 0 bridgehead atoms. The summed E-state index contributed by atoms with van der Waals surface area (Å²) in [4.78, 5) is 12.5. The molecule has 0 unspecified atom stereocenters. The number of ether oxygens (including phenoxy) is 4. The van der Waals surface area contributed by atoms with E-state index in [0.717, 1.165) is 0 Å². The Bertz CT molecular complexity index is 1370. The van der Waals surface area contributed by atoms with Crippen molar-refractivity contribution in [3.8, 4) is 16.9 Å². The van der Waals surface area contributed by atoms with Gasteiger partial charge in [0.15, 0.2) is 22.7 Å². The van der Waals surface area contributed by atoms with Crippen molar-refractivity contribution in [3.63, 3.8) is 0 Å². The second kappa shape index (κ2) is 9.45. The van der Waals surface area contributed by atoms with E-state index >= 15 is 0 Å². The fourth-order valence-corrected chi connectivity index (χ4v) is 4.29. The highest BCUT2D eigenvalue weighted by atomic mass is 16.7. The van der Waals surface area contributed by atoms with E-state index in [1.165, 1.54) is 32.6 Å². The summed E-state index contributed by atoms with van der Waals surface area (Å²) in [7, 11) is 2.69. The van der Waals surface area contributed by atoms with Crippen molar-refractivity contribution in [1.29, 1.82) is 0 Å². The van der Waals surface area contributed by atoms with Crippen LogP contribution in [-0.4, -0.2) is 77.7 Å². The maximum absolute atomic E-state index is 12.5. The largest absolute Gasteiger partial charge is 0.492 e. The Balaban J connectivity index is 1.77. The molecule has 11 heteroatoms. The molecule has 4 N–H and O–H groups in total. The van der Waals surface area contributed by atoms with E-state index in [1.807, 2.05) is 0 Å². The van der Waals surface area contributed by atoms with Crippen LogP contribution in [0.1, 0.15) is 0 Å². The molecule has 1 aliphatic carbocycles. The lowest BCUT2D eigenvalue weighted by atomic mass is 9.98. The van der Waals surface area contributed by atoms with Crippen molar-refractivity contribution in [3.05, 3.63) is 59.6 Å². The van der Waals surface area contributed by atoms with Crippen LogP contribution in [0.2, 0.25) is 0 Å². The third kappa shape index (κ3) is 3.87. The van der Waals surface area contributed by atoms with Gasteiger partial charge in [0.25, 0.3) is 5.78 Å². The van der Waals surface area contributed by atoms with Crippen molar-refractivity contribution < 1.29 is 53.0 Å². The number of allylic oxidation sites excluding steroid dienone is 2. The Kier molecular flexibility index (Phi) is 6.33. The van der Waals surface area contributed by atoms with Crippen LogP contribution in [0, 0.1) is 0 Å². The van der Waals surface area contributed by atoms with Gasteiger partial charge in [0, 0.05) is 11.1 Å². The molecule has 1 saturated heterocycles. The molecule has 0 saturated carbocycles. The summed E-state index contributed by atoms with van der Waals surface area (Å²) in [6.07, 6.45) is -3.18. The first kappa shape index (κ1) is 24.1. The Morgan fingerprint density at radius 1 is 0.944 bits per heavy atom. The van der Waals surface area contributed by atoms with Crippen molar-refractivity contribution in [1.82, 2.24) is 0 Å². The van der Waals surface area contributed by atoms with E-state index in [1.54, 1.807) is 24.3 Å². The second-order valence-electron chi connectivity index (χ2n) is 8.25. The van der Waals surface area contributed by atoms with Crippen molar-refractivity contribution in [2.75, 3.05) is 20.8 Å². The molecule has 36 heavy (non-hydrogen) atoms. The number of aliphatic hydroxyl groups is 4. The van der Waals surface area contributed by atoms with E-state index in [0.29, 0.717) is 27.9 Å². The number of hydrogen-bond acceptors (Lipinski definition) is 11. The van der Waals surface area contributed by atoms with Gasteiger partial charge < -0.3 is 48.2 Å². The normalized spacial score (nSPS) is 26.7. The van der Waals surface area contributed by atoms with Crippen LogP contribution in [0.3, 0.4) is 0 Å². The highest BCUT2D eigenvalue weighted by Gasteiger charge is 2.45. The fraction of sp³-hybridized carbons (Fsp3) is 0.320. The minimum absolute atomic E-state index is 0.000271. The van der Waals surface area contributed by atoms with Crippen LogP contribution in [0.15, 0.2) is 63.0 Å². The van der Waals surface area contributed by atoms with E-state index < -0.39 is 43.1 Å². The predicted octanol–water partition coefficient (Wildman–Crippen LogP) is 0.384. The third-order valence-electron chi connectivity index (χ3n) is 6.16. The van der Waals surface area contributed by atoms with Gasteiger partial charge in [-0.1, -0.05) is 6.07 Å². The molecule has 0 amide bonds. The molecule has 0 aromatic heterocycles. The SMILES string of the molecule is COC1=CC(=c2oc3cccc4occc(c2O[C@@H]2O[C@H](CO)[C@@H](O)[C@H](O)[C@H]2O)-c43)C=C(OC)C1=O. The highest BCUT2D eigenvalue weighted by molar-refractivity contribution is 6.10. The Morgan fingerprint density at radius 2 is 1.64 bits per heavy atom. The van der Waals surface area contributed by atoms with Crippen LogP contribution < -0.4 is 10.2 Å². The molecule has 1 aromatic rings. The van der Waals surface area contributed by atoms with E-state index in [2.05, 4.69) is 0 Å². The lowest BCUT2D eigenvalue weighted by molar-refractivity contribution is -0.277. The number of hydrogen-bond donors (Lipinski definition) is 4. The maximum atomic E-state index is 12.5. The van der Waals surface area contributed by atoms with Gasteiger partial charge in [-0.05, 0) is 30.4 Å². The van der Waals surface area contributed by atoms with Gasteiger partial charge in [-0.2, -0.15) is 0 Å². The summed E-state index contributed by atoms with van der Waals surface area (Å²) in [5.41, 5.74) is 2.49. The molecule has 0 radical (unpaired) electrons. The zero-order chi connectivity index (χ0) is 25.6. The summed E-state index contributed by atoms with van der Waals surface area (Å²) in [6, 6.07) is 6.83. The lowest BCUT2D eigenvalue weighted by Gasteiger charge is -2.39. The minimum Gasteiger partial charge on any atom is -0.492 e. The van der Waals surface area contributed by atoms with Crippen molar-refractivity contribution in [2.45, 2.75) is 30.7 Å². The van der Waals surface area contributed by atoms with Gasteiger partial charge in [0.1, 0.15) is 35.6 Å². The Hall–Kier alpha value is -3.61. The lowest BCUT2D eigenvalue weighted by Crippen LogP contribution is -2.60. The van der Waals surface area contributed by atoms with Crippen LogP contribution in [0.4, 0.5) is 0 Å². The minimum atomic E-state index is -1.66. The van der Waals surface area contributed by atoms with Crippen molar-refractivity contribution in [2.24, 2.45) is 0 Å². The summed E-state index contributed by atoms with van der Waals surface area (Å²) < 4.78 is 33.9. The number of aliphatic hydroxyl groups excluding tert-OH is 4.